The van der Waals surface area contributed by atoms with Crippen molar-refractivity contribution in [2.24, 2.45) is 0 Å². The maximum atomic E-state index is 13.4. The molecule has 1 N–H and O–H groups in total. The van der Waals surface area contributed by atoms with Gasteiger partial charge in [0.05, 0.1) is 4.47 Å². The predicted octanol–water partition coefficient (Wildman–Crippen LogP) is 5.44. The predicted molar refractivity (Wildman–Crippen MR) is 87.3 cm³/mol. The molecule has 4 heteroatoms. The fourth-order valence-corrected chi connectivity index (χ4v) is 2.58. The van der Waals surface area contributed by atoms with Crippen LogP contribution in [0.1, 0.15) is 31.9 Å². The first-order valence-corrected chi connectivity index (χ1v) is 7.90. The van der Waals surface area contributed by atoms with Crippen molar-refractivity contribution in [1.29, 1.82) is 0 Å². The molecule has 2 aromatic rings. The van der Waals surface area contributed by atoms with Gasteiger partial charge in [-0.3, -0.25) is 0 Å². The van der Waals surface area contributed by atoms with Crippen molar-refractivity contribution >= 4 is 15.9 Å². The highest BCUT2D eigenvalue weighted by atomic mass is 79.9. The Bertz CT molecular complexity index is 603. The highest BCUT2D eigenvalue weighted by molar-refractivity contribution is 9.10. The molecule has 2 rings (SSSR count). The van der Waals surface area contributed by atoms with Crippen LogP contribution in [-0.2, 0) is 0 Å². The van der Waals surface area contributed by atoms with Crippen LogP contribution in [0.5, 0.6) is 11.5 Å². The summed E-state index contributed by atoms with van der Waals surface area (Å²) >= 11 is 3.39. The van der Waals surface area contributed by atoms with E-state index in [-0.39, 0.29) is 11.9 Å². The molecule has 0 bridgehead atoms. The molecule has 21 heavy (non-hydrogen) atoms. The van der Waals surface area contributed by atoms with Gasteiger partial charge < -0.3 is 10.1 Å². The number of rotatable bonds is 6. The van der Waals surface area contributed by atoms with Gasteiger partial charge in [-0.15, -0.1) is 0 Å². The van der Waals surface area contributed by atoms with Gasteiger partial charge in [-0.05, 0) is 47.1 Å². The van der Waals surface area contributed by atoms with Crippen LogP contribution in [0.25, 0.3) is 0 Å². The lowest BCUT2D eigenvalue weighted by atomic mass is 10.0. The Kier molecular flexibility index (Phi) is 5.76. The van der Waals surface area contributed by atoms with Gasteiger partial charge in [0.2, 0.25) is 0 Å². The van der Waals surface area contributed by atoms with Crippen LogP contribution < -0.4 is 10.1 Å². The Morgan fingerprint density at radius 2 is 1.90 bits per heavy atom. The molecule has 0 aromatic heterocycles. The number of hydrogen-bond acceptors (Lipinski definition) is 2. The van der Waals surface area contributed by atoms with E-state index in [9.17, 15) is 4.39 Å². The van der Waals surface area contributed by atoms with Crippen LogP contribution in [0.3, 0.4) is 0 Å². The van der Waals surface area contributed by atoms with Gasteiger partial charge in [-0.2, -0.15) is 0 Å². The molecule has 112 valence electrons. The van der Waals surface area contributed by atoms with Crippen molar-refractivity contribution in [2.45, 2.75) is 26.3 Å². The SMILES string of the molecule is CCNC(CC)c1ccccc1Oc1cc(F)ccc1Br. The number of ether oxygens (including phenoxy) is 1. The van der Waals surface area contributed by atoms with Crippen molar-refractivity contribution < 1.29 is 9.13 Å². The number of benzene rings is 2. The quantitative estimate of drug-likeness (QED) is 0.747. The highest BCUT2D eigenvalue weighted by Crippen LogP contribution is 2.34. The molecule has 0 heterocycles. The summed E-state index contributed by atoms with van der Waals surface area (Å²) in [7, 11) is 0. The first-order valence-electron chi connectivity index (χ1n) is 7.10. The molecule has 0 radical (unpaired) electrons. The molecule has 0 spiro atoms. The van der Waals surface area contributed by atoms with Crippen LogP contribution in [-0.4, -0.2) is 6.54 Å². The van der Waals surface area contributed by atoms with Crippen molar-refractivity contribution in [1.82, 2.24) is 5.32 Å². The first kappa shape index (κ1) is 16.0. The highest BCUT2D eigenvalue weighted by Gasteiger charge is 2.14. The van der Waals surface area contributed by atoms with E-state index < -0.39 is 0 Å². The number of para-hydroxylation sites is 1. The third kappa shape index (κ3) is 4.05. The van der Waals surface area contributed by atoms with Crippen LogP contribution in [0.4, 0.5) is 4.39 Å². The van der Waals surface area contributed by atoms with Gasteiger partial charge >= 0.3 is 0 Å². The Morgan fingerprint density at radius 3 is 2.62 bits per heavy atom. The van der Waals surface area contributed by atoms with Gasteiger partial charge in [-0.25, -0.2) is 4.39 Å². The van der Waals surface area contributed by atoms with E-state index in [1.165, 1.54) is 12.1 Å². The Morgan fingerprint density at radius 1 is 1.14 bits per heavy atom. The normalized spacial score (nSPS) is 12.2. The number of hydrogen-bond donors (Lipinski definition) is 1. The number of nitrogens with one attached hydrogen (secondary N) is 1. The zero-order valence-electron chi connectivity index (χ0n) is 12.2. The minimum atomic E-state index is -0.315. The molecule has 0 aliphatic carbocycles. The van der Waals surface area contributed by atoms with Crippen LogP contribution in [0.15, 0.2) is 46.9 Å². The smallest absolute Gasteiger partial charge is 0.144 e. The van der Waals surface area contributed by atoms with E-state index >= 15 is 0 Å². The summed E-state index contributed by atoms with van der Waals surface area (Å²) in [5.41, 5.74) is 1.08. The lowest BCUT2D eigenvalue weighted by Gasteiger charge is -2.20. The second kappa shape index (κ2) is 7.57. The van der Waals surface area contributed by atoms with E-state index in [1.54, 1.807) is 6.07 Å². The molecule has 0 amide bonds. The number of halogens is 2. The summed E-state index contributed by atoms with van der Waals surface area (Å²) in [6, 6.07) is 12.5. The summed E-state index contributed by atoms with van der Waals surface area (Å²) in [5.74, 6) is 0.912. The molecule has 0 saturated carbocycles. The largest absolute Gasteiger partial charge is 0.456 e. The minimum Gasteiger partial charge on any atom is -0.456 e. The summed E-state index contributed by atoms with van der Waals surface area (Å²) in [6.45, 7) is 5.09. The zero-order valence-corrected chi connectivity index (χ0v) is 13.8. The Hall–Kier alpha value is -1.39. The topological polar surface area (TPSA) is 21.3 Å². The van der Waals surface area contributed by atoms with Gasteiger partial charge in [0, 0.05) is 17.7 Å². The van der Waals surface area contributed by atoms with Crippen LogP contribution in [0.2, 0.25) is 0 Å². The average molecular weight is 352 g/mol. The molecule has 0 aliphatic rings. The Labute approximate surface area is 133 Å². The summed E-state index contributed by atoms with van der Waals surface area (Å²) in [6.07, 6.45) is 0.957. The molecule has 2 aromatic carbocycles. The van der Waals surface area contributed by atoms with E-state index in [2.05, 4.69) is 35.1 Å². The summed E-state index contributed by atoms with van der Waals surface area (Å²) < 4.78 is 20.0. The van der Waals surface area contributed by atoms with Crippen molar-refractivity contribution in [3.63, 3.8) is 0 Å². The van der Waals surface area contributed by atoms with Gasteiger partial charge in [0.15, 0.2) is 0 Å². The van der Waals surface area contributed by atoms with Crippen LogP contribution in [0, 0.1) is 5.82 Å². The molecular formula is C17H19BrFNO. The summed E-state index contributed by atoms with van der Waals surface area (Å²) in [4.78, 5) is 0. The van der Waals surface area contributed by atoms with E-state index in [4.69, 9.17) is 4.74 Å². The molecular weight excluding hydrogens is 333 g/mol. The second-order valence-electron chi connectivity index (χ2n) is 4.73. The fraction of sp³-hybridized carbons (Fsp3) is 0.294. The Balaban J connectivity index is 2.33. The monoisotopic (exact) mass is 351 g/mol. The average Bonchev–Trinajstić information content (AvgIpc) is 2.49. The maximum Gasteiger partial charge on any atom is 0.144 e. The molecule has 1 atom stereocenters. The standard InChI is InChI=1S/C17H19BrFNO/c1-3-15(20-4-2)13-7-5-6-8-16(13)21-17-11-12(19)9-10-14(17)18/h5-11,15,20H,3-4H2,1-2H3. The molecule has 2 nitrogen and oxygen atoms in total. The third-order valence-corrected chi connectivity index (χ3v) is 3.92. The van der Waals surface area contributed by atoms with Gasteiger partial charge in [-0.1, -0.05) is 32.0 Å². The van der Waals surface area contributed by atoms with Crippen molar-refractivity contribution in [3.05, 3.63) is 58.3 Å². The van der Waals surface area contributed by atoms with Crippen molar-refractivity contribution in [2.75, 3.05) is 6.54 Å². The fourth-order valence-electron chi connectivity index (χ4n) is 2.26. The van der Waals surface area contributed by atoms with E-state index in [0.717, 1.165) is 28.8 Å². The van der Waals surface area contributed by atoms with Crippen molar-refractivity contribution in [3.8, 4) is 11.5 Å². The lowest BCUT2D eigenvalue weighted by Crippen LogP contribution is -2.20. The zero-order chi connectivity index (χ0) is 15.2. The second-order valence-corrected chi connectivity index (χ2v) is 5.59. The van der Waals surface area contributed by atoms with Gasteiger partial charge in [0.1, 0.15) is 17.3 Å². The molecule has 1 unspecified atom stereocenters. The third-order valence-electron chi connectivity index (χ3n) is 3.27. The van der Waals surface area contributed by atoms with E-state index in [1.807, 2.05) is 24.3 Å². The van der Waals surface area contributed by atoms with Gasteiger partial charge in [0.25, 0.3) is 0 Å². The van der Waals surface area contributed by atoms with Crippen LogP contribution >= 0.6 is 15.9 Å². The molecule has 0 saturated heterocycles. The maximum absolute atomic E-state index is 13.4. The molecule has 0 aliphatic heterocycles. The minimum absolute atomic E-state index is 0.221. The lowest BCUT2D eigenvalue weighted by molar-refractivity contribution is 0.447. The molecule has 0 fully saturated rings. The summed E-state index contributed by atoms with van der Waals surface area (Å²) in [5, 5.41) is 3.43. The van der Waals surface area contributed by atoms with E-state index in [0.29, 0.717) is 5.75 Å². The first-order chi connectivity index (χ1) is 10.2.